The molecule has 0 radical (unpaired) electrons. The van der Waals surface area contributed by atoms with E-state index in [0.29, 0.717) is 6.04 Å². The summed E-state index contributed by atoms with van der Waals surface area (Å²) in [4.78, 5) is 0. The van der Waals surface area contributed by atoms with E-state index in [0.717, 1.165) is 18.8 Å². The first kappa shape index (κ1) is 8.57. The van der Waals surface area contributed by atoms with E-state index in [9.17, 15) is 0 Å². The van der Waals surface area contributed by atoms with Gasteiger partial charge < -0.3 is 10.1 Å². The number of hydrogen-bond donors (Lipinski definition) is 1. The van der Waals surface area contributed by atoms with Crippen LogP contribution in [0.3, 0.4) is 0 Å². The molecule has 0 aliphatic carbocycles. The number of fused-ring (bicyclic) bond motifs is 1. The van der Waals surface area contributed by atoms with Crippen molar-refractivity contribution < 1.29 is 4.74 Å². The molecule has 2 nitrogen and oxygen atoms in total. The molecule has 0 saturated heterocycles. The van der Waals surface area contributed by atoms with Crippen LogP contribution in [0.1, 0.15) is 24.1 Å². The molecule has 70 valence electrons. The first-order valence-electron chi connectivity index (χ1n) is 4.74. The molecule has 0 bridgehead atoms. The third-order valence-corrected chi connectivity index (χ3v) is 2.65. The summed E-state index contributed by atoms with van der Waals surface area (Å²) in [7, 11) is 1.98. The van der Waals surface area contributed by atoms with Crippen LogP contribution in [0, 0.1) is 0 Å². The fourth-order valence-corrected chi connectivity index (χ4v) is 1.64. The summed E-state index contributed by atoms with van der Waals surface area (Å²) in [5, 5.41) is 3.23. The Morgan fingerprint density at radius 2 is 2.31 bits per heavy atom. The minimum absolute atomic E-state index is 0.422. The maximum absolute atomic E-state index is 5.45. The predicted molar refractivity (Wildman–Crippen MR) is 53.1 cm³/mol. The van der Waals surface area contributed by atoms with Gasteiger partial charge in [-0.2, -0.15) is 0 Å². The molecule has 1 N–H and O–H groups in total. The van der Waals surface area contributed by atoms with Crippen molar-refractivity contribution in [3.05, 3.63) is 29.3 Å². The molecule has 1 aromatic rings. The summed E-state index contributed by atoms with van der Waals surface area (Å²) in [6, 6.07) is 6.87. The number of rotatable bonds is 2. The fraction of sp³-hybridized carbons (Fsp3) is 0.455. The molecule has 0 amide bonds. The van der Waals surface area contributed by atoms with Gasteiger partial charge in [0, 0.05) is 12.5 Å². The first-order valence-corrected chi connectivity index (χ1v) is 4.74. The van der Waals surface area contributed by atoms with E-state index < -0.39 is 0 Å². The average molecular weight is 177 g/mol. The maximum atomic E-state index is 5.45. The zero-order chi connectivity index (χ0) is 9.26. The highest BCUT2D eigenvalue weighted by atomic mass is 16.5. The van der Waals surface area contributed by atoms with Crippen LogP contribution in [-0.4, -0.2) is 13.7 Å². The molecule has 0 fully saturated rings. The van der Waals surface area contributed by atoms with E-state index in [-0.39, 0.29) is 0 Å². The van der Waals surface area contributed by atoms with Crippen molar-refractivity contribution in [3.63, 3.8) is 0 Å². The minimum atomic E-state index is 0.422. The van der Waals surface area contributed by atoms with Crippen LogP contribution >= 0.6 is 0 Å². The lowest BCUT2D eigenvalue weighted by Crippen LogP contribution is -2.12. The zero-order valence-electron chi connectivity index (χ0n) is 8.13. The Morgan fingerprint density at radius 1 is 1.46 bits per heavy atom. The summed E-state index contributed by atoms with van der Waals surface area (Å²) in [6.07, 6.45) is 1.06. The number of ether oxygens (including phenoxy) is 1. The van der Waals surface area contributed by atoms with Crippen molar-refractivity contribution in [3.8, 4) is 5.75 Å². The van der Waals surface area contributed by atoms with Crippen molar-refractivity contribution in [1.29, 1.82) is 0 Å². The standard InChI is InChI=1S/C11H15NO/c1-8(12-2)9-3-4-11-10(7-9)5-6-13-11/h3-4,7-8,12H,5-6H2,1-2H3/t8-/m0/s1. The lowest BCUT2D eigenvalue weighted by molar-refractivity contribution is 0.357. The summed E-state index contributed by atoms with van der Waals surface area (Å²) in [5.41, 5.74) is 2.69. The summed E-state index contributed by atoms with van der Waals surface area (Å²) < 4.78 is 5.45. The minimum Gasteiger partial charge on any atom is -0.493 e. The SMILES string of the molecule is CN[C@@H](C)c1ccc2c(c1)CCO2. The molecule has 2 rings (SSSR count). The van der Waals surface area contributed by atoms with Crippen LogP contribution in [0.2, 0.25) is 0 Å². The maximum Gasteiger partial charge on any atom is 0.122 e. The highest BCUT2D eigenvalue weighted by molar-refractivity contribution is 5.40. The Balaban J connectivity index is 2.30. The van der Waals surface area contributed by atoms with Gasteiger partial charge in [-0.3, -0.25) is 0 Å². The van der Waals surface area contributed by atoms with E-state index >= 15 is 0 Å². The first-order chi connectivity index (χ1) is 6.31. The second-order valence-corrected chi connectivity index (χ2v) is 3.48. The smallest absolute Gasteiger partial charge is 0.122 e. The van der Waals surface area contributed by atoms with Crippen molar-refractivity contribution in [1.82, 2.24) is 5.32 Å². The van der Waals surface area contributed by atoms with Crippen molar-refractivity contribution >= 4 is 0 Å². The van der Waals surface area contributed by atoms with Gasteiger partial charge in [0.15, 0.2) is 0 Å². The largest absolute Gasteiger partial charge is 0.493 e. The molecule has 1 atom stereocenters. The van der Waals surface area contributed by atoms with Crippen molar-refractivity contribution in [2.75, 3.05) is 13.7 Å². The van der Waals surface area contributed by atoms with E-state index in [1.165, 1.54) is 11.1 Å². The summed E-state index contributed by atoms with van der Waals surface area (Å²) in [6.45, 7) is 3.00. The Labute approximate surface area is 78.9 Å². The van der Waals surface area contributed by atoms with Gasteiger partial charge in [-0.05, 0) is 31.2 Å². The predicted octanol–water partition coefficient (Wildman–Crippen LogP) is 1.90. The molecule has 1 heterocycles. The van der Waals surface area contributed by atoms with Crippen LogP contribution in [-0.2, 0) is 6.42 Å². The van der Waals surface area contributed by atoms with Crippen LogP contribution in [0.4, 0.5) is 0 Å². The zero-order valence-corrected chi connectivity index (χ0v) is 8.13. The number of benzene rings is 1. The summed E-state index contributed by atoms with van der Waals surface area (Å²) in [5.74, 6) is 1.06. The lowest BCUT2D eigenvalue weighted by atomic mass is 10.0. The molecule has 0 saturated carbocycles. The Morgan fingerprint density at radius 3 is 3.08 bits per heavy atom. The van der Waals surface area contributed by atoms with Gasteiger partial charge in [0.25, 0.3) is 0 Å². The van der Waals surface area contributed by atoms with Crippen LogP contribution in [0.5, 0.6) is 5.75 Å². The molecular weight excluding hydrogens is 162 g/mol. The molecule has 0 spiro atoms. The molecule has 1 aliphatic heterocycles. The molecule has 2 heteroatoms. The van der Waals surface area contributed by atoms with Crippen LogP contribution in [0.15, 0.2) is 18.2 Å². The molecule has 1 aromatic carbocycles. The fourth-order valence-electron chi connectivity index (χ4n) is 1.64. The molecular formula is C11H15NO. The van der Waals surface area contributed by atoms with Gasteiger partial charge in [0.2, 0.25) is 0 Å². The molecule has 0 aromatic heterocycles. The Kier molecular flexibility index (Phi) is 2.23. The topological polar surface area (TPSA) is 21.3 Å². The number of nitrogens with one attached hydrogen (secondary N) is 1. The van der Waals surface area contributed by atoms with Crippen LogP contribution in [0.25, 0.3) is 0 Å². The average Bonchev–Trinajstić information content (AvgIpc) is 2.63. The van der Waals surface area contributed by atoms with E-state index in [1.54, 1.807) is 0 Å². The van der Waals surface area contributed by atoms with Gasteiger partial charge >= 0.3 is 0 Å². The van der Waals surface area contributed by atoms with Gasteiger partial charge in [-0.1, -0.05) is 12.1 Å². The van der Waals surface area contributed by atoms with E-state index in [2.05, 4.69) is 30.4 Å². The summed E-state index contributed by atoms with van der Waals surface area (Å²) >= 11 is 0. The van der Waals surface area contributed by atoms with Gasteiger partial charge in [0.05, 0.1) is 6.61 Å². The second-order valence-electron chi connectivity index (χ2n) is 3.48. The highest BCUT2D eigenvalue weighted by Gasteiger charge is 2.13. The molecule has 0 unspecified atom stereocenters. The van der Waals surface area contributed by atoms with E-state index in [4.69, 9.17) is 4.74 Å². The molecule has 1 aliphatic rings. The van der Waals surface area contributed by atoms with Crippen LogP contribution < -0.4 is 10.1 Å². The third kappa shape index (κ3) is 1.54. The third-order valence-electron chi connectivity index (χ3n) is 2.65. The monoisotopic (exact) mass is 177 g/mol. The van der Waals surface area contributed by atoms with Crippen molar-refractivity contribution in [2.45, 2.75) is 19.4 Å². The molecule has 13 heavy (non-hydrogen) atoms. The lowest BCUT2D eigenvalue weighted by Gasteiger charge is -2.11. The van der Waals surface area contributed by atoms with Crippen molar-refractivity contribution in [2.24, 2.45) is 0 Å². The highest BCUT2D eigenvalue weighted by Crippen LogP contribution is 2.27. The van der Waals surface area contributed by atoms with Gasteiger partial charge in [-0.15, -0.1) is 0 Å². The second kappa shape index (κ2) is 3.38. The Hall–Kier alpha value is -1.02. The Bertz CT molecular complexity index is 309. The van der Waals surface area contributed by atoms with Gasteiger partial charge in [0.1, 0.15) is 5.75 Å². The normalized spacial score (nSPS) is 16.5. The quantitative estimate of drug-likeness (QED) is 0.745. The van der Waals surface area contributed by atoms with E-state index in [1.807, 2.05) is 7.05 Å². The van der Waals surface area contributed by atoms with Gasteiger partial charge in [-0.25, -0.2) is 0 Å². The number of hydrogen-bond acceptors (Lipinski definition) is 2.